The molecule has 1 aromatic rings. The highest BCUT2D eigenvalue weighted by Crippen LogP contribution is 2.41. The van der Waals surface area contributed by atoms with Crippen LogP contribution in [0, 0.1) is 13.5 Å². The van der Waals surface area contributed by atoms with Gasteiger partial charge in [-0.25, -0.2) is 10.8 Å². The Balaban J connectivity index is 3.41. The Bertz CT molecular complexity index is 570. The van der Waals surface area contributed by atoms with E-state index in [1.807, 2.05) is 4.72 Å². The average molecular weight is 318 g/mol. The Morgan fingerprint density at radius 1 is 1.14 bits per heavy atom. The third-order valence-electron chi connectivity index (χ3n) is 2.84. The number of hydrogen-bond donors (Lipinski definition) is 1. The highest BCUT2D eigenvalue weighted by molar-refractivity contribution is 7.84. The molecule has 21 heavy (non-hydrogen) atoms. The number of rotatable bonds is 3. The Morgan fingerprint density at radius 2 is 1.62 bits per heavy atom. The molecule has 116 valence electrons. The summed E-state index contributed by atoms with van der Waals surface area (Å²) >= 11 is 0. The molecule has 0 fully saturated rings. The fourth-order valence-electron chi connectivity index (χ4n) is 1.51. The lowest BCUT2D eigenvalue weighted by Gasteiger charge is -2.28. The predicted octanol–water partition coefficient (Wildman–Crippen LogP) is 3.68. The summed E-state index contributed by atoms with van der Waals surface area (Å²) in [7, 11) is -2.04. The molecule has 0 unspecified atom stereocenters. The predicted molar refractivity (Wildman–Crippen MR) is 76.5 cm³/mol. The molecule has 0 saturated heterocycles. The highest BCUT2D eigenvalue weighted by atomic mass is 32.2. The minimum absolute atomic E-state index is 0.270. The first kappa shape index (κ1) is 17.7. The highest BCUT2D eigenvalue weighted by Gasteiger charge is 2.65. The van der Waals surface area contributed by atoms with Crippen molar-refractivity contribution in [3.05, 3.63) is 46.8 Å². The molecular formula is C14H17F3N2OS. The largest absolute Gasteiger partial charge is 0.491 e. The average Bonchev–Trinajstić information content (AvgIpc) is 2.34. The van der Waals surface area contributed by atoms with Crippen LogP contribution in [-0.2, 0) is 16.6 Å². The number of alkyl halides is 3. The van der Waals surface area contributed by atoms with Crippen molar-refractivity contribution in [1.29, 1.82) is 0 Å². The van der Waals surface area contributed by atoms with Crippen molar-refractivity contribution < 1.29 is 17.4 Å². The summed E-state index contributed by atoms with van der Waals surface area (Å²) in [5.74, 6) is 0. The SMILES string of the molecule is [C-]#[N+][C@@](N[S@](=O)C(C)(C)C)(c1ccc(C)cc1)C(F)(F)F. The van der Waals surface area contributed by atoms with Crippen molar-refractivity contribution in [3.8, 4) is 0 Å². The van der Waals surface area contributed by atoms with Crippen molar-refractivity contribution in [1.82, 2.24) is 4.72 Å². The quantitative estimate of drug-likeness (QED) is 0.848. The minimum Gasteiger partial charge on any atom is -0.276 e. The Hall–Kier alpha value is -1.39. The maximum absolute atomic E-state index is 13.5. The maximum atomic E-state index is 13.5. The van der Waals surface area contributed by atoms with Gasteiger partial charge in [0.1, 0.15) is 11.0 Å². The zero-order valence-corrected chi connectivity index (χ0v) is 13.0. The van der Waals surface area contributed by atoms with E-state index >= 15 is 0 Å². The first-order valence-electron chi connectivity index (χ1n) is 6.16. The number of nitrogens with one attached hydrogen (secondary N) is 1. The van der Waals surface area contributed by atoms with Crippen LogP contribution >= 0.6 is 0 Å². The third-order valence-corrected chi connectivity index (χ3v) is 4.44. The van der Waals surface area contributed by atoms with Crippen LogP contribution in [0.1, 0.15) is 31.9 Å². The number of hydrogen-bond acceptors (Lipinski definition) is 1. The third kappa shape index (κ3) is 3.63. The molecule has 3 nitrogen and oxygen atoms in total. The summed E-state index contributed by atoms with van der Waals surface area (Å²) in [5.41, 5.74) is -2.51. The van der Waals surface area contributed by atoms with Gasteiger partial charge in [0, 0.05) is 0 Å². The zero-order chi connectivity index (χ0) is 16.5. The van der Waals surface area contributed by atoms with E-state index in [9.17, 15) is 17.4 Å². The second-order valence-electron chi connectivity index (χ2n) is 5.67. The molecule has 0 aliphatic rings. The van der Waals surface area contributed by atoms with Crippen molar-refractivity contribution in [2.45, 2.75) is 44.3 Å². The van der Waals surface area contributed by atoms with Crippen molar-refractivity contribution in [3.63, 3.8) is 0 Å². The summed E-state index contributed by atoms with van der Waals surface area (Å²) in [6.07, 6.45) is -4.90. The molecule has 0 spiro atoms. The number of halogens is 3. The molecule has 1 rings (SSSR count). The van der Waals surface area contributed by atoms with Gasteiger partial charge in [-0.3, -0.25) is 4.85 Å². The van der Waals surface area contributed by atoms with Crippen LogP contribution in [0.2, 0.25) is 0 Å². The van der Waals surface area contributed by atoms with Crippen LogP contribution in [0.25, 0.3) is 4.85 Å². The van der Waals surface area contributed by atoms with E-state index in [0.29, 0.717) is 0 Å². The summed E-state index contributed by atoms with van der Waals surface area (Å²) in [6, 6.07) is 5.44. The molecule has 0 radical (unpaired) electrons. The van der Waals surface area contributed by atoms with E-state index in [1.54, 1.807) is 6.92 Å². The van der Waals surface area contributed by atoms with Crippen LogP contribution in [0.3, 0.4) is 0 Å². The first-order valence-corrected chi connectivity index (χ1v) is 7.31. The molecule has 7 heteroatoms. The molecule has 0 bridgehead atoms. The van der Waals surface area contributed by atoms with Gasteiger partial charge in [0.05, 0.1) is 10.3 Å². The summed E-state index contributed by atoms with van der Waals surface area (Å²) in [5, 5.41) is 0. The summed E-state index contributed by atoms with van der Waals surface area (Å²) in [4.78, 5) is 2.77. The van der Waals surface area contributed by atoms with Crippen LogP contribution in [0.15, 0.2) is 24.3 Å². The Morgan fingerprint density at radius 3 is 1.95 bits per heavy atom. The van der Waals surface area contributed by atoms with Crippen LogP contribution in [0.4, 0.5) is 13.2 Å². The molecule has 0 heterocycles. The molecule has 0 aliphatic heterocycles. The van der Waals surface area contributed by atoms with Gasteiger partial charge in [-0.2, -0.15) is 13.2 Å². The van der Waals surface area contributed by atoms with Gasteiger partial charge >= 0.3 is 11.8 Å². The van der Waals surface area contributed by atoms with Crippen LogP contribution < -0.4 is 4.72 Å². The van der Waals surface area contributed by atoms with E-state index in [-0.39, 0.29) is 5.56 Å². The molecule has 0 aliphatic carbocycles. The van der Waals surface area contributed by atoms with Crippen molar-refractivity contribution in [2.24, 2.45) is 0 Å². The van der Waals surface area contributed by atoms with Gasteiger partial charge in [0.2, 0.25) is 0 Å². The van der Waals surface area contributed by atoms with Gasteiger partial charge in [0.25, 0.3) is 0 Å². The second-order valence-corrected chi connectivity index (χ2v) is 7.64. The molecule has 1 aromatic carbocycles. The van der Waals surface area contributed by atoms with Crippen molar-refractivity contribution >= 4 is 11.0 Å². The smallest absolute Gasteiger partial charge is 0.276 e. The van der Waals surface area contributed by atoms with Crippen molar-refractivity contribution in [2.75, 3.05) is 0 Å². The molecule has 0 amide bonds. The van der Waals surface area contributed by atoms with Gasteiger partial charge in [0.15, 0.2) is 0 Å². The number of benzene rings is 1. The van der Waals surface area contributed by atoms with E-state index in [1.165, 1.54) is 45.0 Å². The van der Waals surface area contributed by atoms with Gasteiger partial charge in [-0.15, -0.1) is 4.72 Å². The lowest BCUT2D eigenvalue weighted by molar-refractivity contribution is -0.180. The molecular weight excluding hydrogens is 301 g/mol. The lowest BCUT2D eigenvalue weighted by atomic mass is 9.99. The molecule has 1 N–H and O–H groups in total. The summed E-state index contributed by atoms with van der Waals surface area (Å²) < 4.78 is 53.6. The van der Waals surface area contributed by atoms with Gasteiger partial charge in [-0.1, -0.05) is 17.7 Å². The Labute approximate surface area is 125 Å². The Kier molecular flexibility index (Phi) is 4.86. The van der Waals surface area contributed by atoms with E-state index in [0.717, 1.165) is 5.56 Å². The molecule has 0 aromatic heterocycles. The maximum Gasteiger partial charge on any atom is 0.491 e. The van der Waals surface area contributed by atoms with Crippen LogP contribution in [-0.4, -0.2) is 15.1 Å². The normalized spacial score (nSPS) is 16.9. The van der Waals surface area contributed by atoms with E-state index in [2.05, 4.69) is 4.85 Å². The van der Waals surface area contributed by atoms with E-state index in [4.69, 9.17) is 6.57 Å². The minimum atomic E-state index is -4.90. The standard InChI is InChI=1S/C14H17F3N2OS/c1-10-6-8-11(9-7-10)13(18-5,14(15,16)17)19-21(20)12(2,3)4/h6-9,19H,1-4H3/t13-,21-/m1/s1. The number of aryl methyl sites for hydroxylation is 1. The fourth-order valence-corrected chi connectivity index (χ4v) is 2.37. The summed E-state index contributed by atoms with van der Waals surface area (Å²) in [6.45, 7) is 13.4. The molecule has 0 saturated carbocycles. The fraction of sp³-hybridized carbons (Fsp3) is 0.500. The second kappa shape index (κ2) is 5.78. The van der Waals surface area contributed by atoms with Crippen LogP contribution in [0.5, 0.6) is 0 Å². The lowest BCUT2D eigenvalue weighted by Crippen LogP contribution is -2.54. The van der Waals surface area contributed by atoms with E-state index < -0.39 is 27.6 Å². The van der Waals surface area contributed by atoms with Gasteiger partial charge < -0.3 is 0 Å². The monoisotopic (exact) mass is 318 g/mol. The topological polar surface area (TPSA) is 33.5 Å². The number of nitrogens with zero attached hydrogens (tertiary/aromatic N) is 1. The molecule has 2 atom stereocenters. The van der Waals surface area contributed by atoms with Gasteiger partial charge in [-0.05, 0) is 39.8 Å². The first-order chi connectivity index (χ1) is 9.44. The zero-order valence-electron chi connectivity index (χ0n) is 12.2.